The largest absolute Gasteiger partial charge is 0.512 e. The molecule has 3 fully saturated rings. The second-order valence-electron chi connectivity index (χ2n) is 31.7. The van der Waals surface area contributed by atoms with E-state index >= 15 is 0 Å². The molecular weight excluding hydrogens is 2110 g/mol. The Morgan fingerprint density at radius 2 is 0.443 bits per heavy atom. The first-order valence-electron chi connectivity index (χ1n) is 42.9. The zero-order chi connectivity index (χ0) is 96.5. The molecule has 131 heavy (non-hydrogen) atoms. The number of aliphatic hydroxyl groups is 5. The fraction of sp³-hybridized carbons (Fsp3) is 0.423. The van der Waals surface area contributed by atoms with E-state index < -0.39 is 33.6 Å². The summed E-state index contributed by atoms with van der Waals surface area (Å²) < 4.78 is 34.0. The maximum Gasteiger partial charge on any atom is 0.448 e. The third-order valence-electron chi connectivity index (χ3n) is 18.1. The third-order valence-corrected chi connectivity index (χ3v) is 32.1. The average Bonchev–Trinajstić information content (AvgIpc) is 0.829. The van der Waals surface area contributed by atoms with Crippen LogP contribution in [0.1, 0.15) is 249 Å². The van der Waals surface area contributed by atoms with Crippen molar-refractivity contribution in [2.24, 2.45) is 0 Å². The van der Waals surface area contributed by atoms with Gasteiger partial charge < -0.3 is 54.3 Å². The Morgan fingerprint density at radius 3 is 0.527 bits per heavy atom. The number of aliphatic hydroxyl groups excluding tert-OH is 5. The Kier molecular flexibility index (Phi) is 89.2. The van der Waals surface area contributed by atoms with Crippen molar-refractivity contribution in [3.05, 3.63) is 260 Å². The molecule has 5 N–H and O–H groups in total. The molecule has 0 atom stereocenters. The normalized spacial score (nSPS) is 12.9. The van der Waals surface area contributed by atoms with Gasteiger partial charge in [-0.15, -0.1) is 0 Å². The third kappa shape index (κ3) is 79.1. The van der Waals surface area contributed by atoms with E-state index in [0.717, 1.165) is 43.2 Å². The van der Waals surface area contributed by atoms with Gasteiger partial charge in [-0.25, -0.2) is 0 Å². The molecular formula is C104H150F3O16P4Pd4+. The zero-order valence-corrected chi connectivity index (χ0v) is 89.9. The molecule has 3 aliphatic rings. The van der Waals surface area contributed by atoms with Crippen LogP contribution >= 0.6 is 31.7 Å². The van der Waals surface area contributed by atoms with Crippen molar-refractivity contribution in [1.29, 1.82) is 0 Å². The average molecular weight is 2260 g/mol. The van der Waals surface area contributed by atoms with Crippen LogP contribution in [0.2, 0.25) is 0 Å². The topological polar surface area (TPSA) is 289 Å². The number of benzene rings is 6. The van der Waals surface area contributed by atoms with Gasteiger partial charge in [0.05, 0.1) is 72.8 Å². The van der Waals surface area contributed by atoms with Crippen molar-refractivity contribution in [2.45, 2.75) is 289 Å². The van der Waals surface area contributed by atoms with Crippen LogP contribution in [-0.2, 0) is 134 Å². The molecule has 0 saturated heterocycles. The first-order valence-corrected chi connectivity index (χ1v) is 49.4. The van der Waals surface area contributed by atoms with Gasteiger partial charge in [0.25, 0.3) is 0 Å². The quantitative estimate of drug-likeness (QED) is 0.00995. The second-order valence-corrected chi connectivity index (χ2v) is 44.6. The Labute approximate surface area is 842 Å². The zero-order valence-electron chi connectivity index (χ0n) is 79.6. The van der Waals surface area contributed by atoms with Crippen molar-refractivity contribution in [3.63, 3.8) is 0 Å². The Balaban J connectivity index is -0.000000215. The van der Waals surface area contributed by atoms with Crippen LogP contribution in [0.5, 0.6) is 0 Å². The van der Waals surface area contributed by atoms with Gasteiger partial charge in [0.2, 0.25) is 5.76 Å². The molecule has 0 unspecified atom stereocenters. The van der Waals surface area contributed by atoms with Gasteiger partial charge >= 0.3 is 6.18 Å². The van der Waals surface area contributed by atoms with Crippen LogP contribution in [0.4, 0.5) is 13.2 Å². The summed E-state index contributed by atoms with van der Waals surface area (Å²) in [5.74, 6) is -4.07. The fourth-order valence-corrected chi connectivity index (χ4v) is 28.6. The summed E-state index contributed by atoms with van der Waals surface area (Å²) in [7, 11) is -1.90. The number of alkyl halides is 3. The first-order chi connectivity index (χ1) is 59.0. The van der Waals surface area contributed by atoms with E-state index in [4.69, 9.17) is 25.5 Å². The summed E-state index contributed by atoms with van der Waals surface area (Å²) in [6.07, 6.45) is 26.9. The molecule has 0 spiro atoms. The van der Waals surface area contributed by atoms with Crippen molar-refractivity contribution in [2.75, 3.05) is 0 Å². The Bertz CT molecular complexity index is 3680. The molecule has 6 aromatic carbocycles. The van der Waals surface area contributed by atoms with Gasteiger partial charge in [-0.1, -0.05) is 136 Å². The van der Waals surface area contributed by atoms with Crippen LogP contribution in [0.15, 0.2) is 241 Å². The molecule has 0 amide bonds. The van der Waals surface area contributed by atoms with Crippen LogP contribution < -0.4 is 31.8 Å². The minimum Gasteiger partial charge on any atom is -0.512 e. The van der Waals surface area contributed by atoms with Crippen LogP contribution in [-0.4, -0.2) is 129 Å². The van der Waals surface area contributed by atoms with Crippen molar-refractivity contribution < 1.29 is 173 Å². The summed E-state index contributed by atoms with van der Waals surface area (Å²) >= 11 is 0. The molecule has 0 bridgehead atoms. The van der Waals surface area contributed by atoms with Gasteiger partial charge in [0.1, 0.15) is 31.8 Å². The standard InChI is InChI=1S/C18H33P.2C18H15P.C9H21P.C5H5F3O2.4C5H8O2.3C5H7O2.CH4.4Pd/c3*1-4-10-16(11-5-1)19(17-12-6-2-7-13-17)18-14-8-3-9-15-18;1-7(2)10(8(3)4)9(5)6;1-3(9)2-4(10)5(6,7)8;7*1-4(6)3-5(2)7;;;;;/h16-18H,1-15H2;2*1-15H;7-9H,1-6H3;2,10H,1H3;4*3,6H,1-2H3;3*3H,1-2H3;1H4;;;;/q;;;;;;;;;3*-1;;;;;/p+4. The van der Waals surface area contributed by atoms with Gasteiger partial charge in [0, 0.05) is 163 Å². The number of rotatable bonds is 23. The minimum absolute atomic E-state index is 0. The first kappa shape index (κ1) is 140. The molecule has 742 valence electrons. The maximum atomic E-state index is 11.3. The number of hydrogen-bond donors (Lipinski definition) is 5. The molecule has 3 aliphatic carbocycles. The summed E-state index contributed by atoms with van der Waals surface area (Å²) in [6, 6.07) is 65.0. The Morgan fingerprint density at radius 1 is 0.290 bits per heavy atom. The molecule has 27 heteroatoms. The summed E-state index contributed by atoms with van der Waals surface area (Å²) in [5, 5.41) is 50.1. The van der Waals surface area contributed by atoms with E-state index in [9.17, 15) is 65.9 Å². The van der Waals surface area contributed by atoms with E-state index in [1.54, 1.807) is 96.3 Å². The van der Waals surface area contributed by atoms with Crippen LogP contribution in [0.25, 0.3) is 0 Å². The molecule has 0 aliphatic heterocycles. The van der Waals surface area contributed by atoms with Crippen LogP contribution in [0.3, 0.4) is 0 Å². The number of Topliss-reactive ketones (excluding diaryl/α,β-unsaturated/α-hetero) is 6. The number of carbonyl (C=O) groups excluding carboxylic acids is 11. The van der Waals surface area contributed by atoms with Gasteiger partial charge in [-0.2, -0.15) is 13.2 Å². The summed E-state index contributed by atoms with van der Waals surface area (Å²) in [6.45, 7) is 34.6. The smallest absolute Gasteiger partial charge is 0.448 e. The number of hydrogen-bond acceptors (Lipinski definition) is 16. The predicted molar refractivity (Wildman–Crippen MR) is 535 cm³/mol. The molecule has 16 nitrogen and oxygen atoms in total. The van der Waals surface area contributed by atoms with Gasteiger partial charge in [-0.3, -0.25) is 43.2 Å². The van der Waals surface area contributed by atoms with Gasteiger partial charge in [0.15, 0.2) is 28.9 Å². The molecule has 3 saturated carbocycles. The van der Waals surface area contributed by atoms with E-state index in [1.807, 2.05) is 0 Å². The van der Waals surface area contributed by atoms with E-state index in [2.05, 4.69) is 224 Å². The molecule has 9 rings (SSSR count). The maximum absolute atomic E-state index is 11.3. The van der Waals surface area contributed by atoms with Crippen molar-refractivity contribution in [1.82, 2.24) is 0 Å². The molecule has 0 aromatic heterocycles. The molecule has 0 radical (unpaired) electrons. The van der Waals surface area contributed by atoms with Crippen molar-refractivity contribution in [3.8, 4) is 0 Å². The molecule has 6 aromatic rings. The van der Waals surface area contributed by atoms with Crippen molar-refractivity contribution >= 4 is 127 Å². The molecule has 0 heterocycles. The van der Waals surface area contributed by atoms with E-state index in [1.165, 1.54) is 170 Å². The van der Waals surface area contributed by atoms with Gasteiger partial charge in [-0.05, 0) is 295 Å². The number of carbonyl (C=O) groups is 11. The Hall–Kier alpha value is -6.84. The second kappa shape index (κ2) is 83.7. The number of halogens is 3. The SMILES string of the molecule is C.C1CCC([PH+](C2CCCCC2)C2CCCCC2)CC1.CC(=O)C=C(C)O.CC(=O)C=C(C)O.CC(=O)C=C(C)O.CC(=O)C=C(C)O.CC(=O)C=C(O)C(F)(F)F.CC(=O)[CH-]C(C)=O.CC(=O)[CH-]C(C)=O.CC(=O)[CH-]C(C)=O.CC(C)[PH+](C(C)C)C(C)C.[Pd].[Pd].[Pd].[Pd].c1ccc([PH+](c2ccccc2)c2ccccc2)cc1.c1ccc([PH+](c2ccccc2)c2ccccc2)cc1. The summed E-state index contributed by atoms with van der Waals surface area (Å²) in [4.78, 5) is 110. The van der Waals surface area contributed by atoms with Crippen LogP contribution in [0, 0.1) is 19.3 Å². The monoisotopic (exact) mass is 2260 g/mol. The number of ketones is 11. The summed E-state index contributed by atoms with van der Waals surface area (Å²) in [5.41, 5.74) is 6.49. The fourth-order valence-electron chi connectivity index (χ4n) is 14.2. The van der Waals surface area contributed by atoms with E-state index in [0.29, 0.717) is 0 Å². The van der Waals surface area contributed by atoms with E-state index in [-0.39, 0.29) is 192 Å². The predicted octanol–water partition coefficient (Wildman–Crippen LogP) is 23.4. The minimum atomic E-state index is -4.81. The number of allylic oxidation sites excluding steroid dienone is 10.